The van der Waals surface area contributed by atoms with Gasteiger partial charge < -0.3 is 20.5 Å². The van der Waals surface area contributed by atoms with Crippen LogP contribution in [0.5, 0.6) is 0 Å². The van der Waals surface area contributed by atoms with Crippen LogP contribution in [0.1, 0.15) is 49.7 Å². The fourth-order valence-corrected chi connectivity index (χ4v) is 6.07. The van der Waals surface area contributed by atoms with E-state index in [0.29, 0.717) is 5.25 Å². The third-order valence-corrected chi connectivity index (χ3v) is 7.70. The molecule has 0 heterocycles. The van der Waals surface area contributed by atoms with Crippen molar-refractivity contribution < 1.29 is 24.2 Å². The summed E-state index contributed by atoms with van der Waals surface area (Å²) >= 11 is 1.87. The molecule has 7 nitrogen and oxygen atoms in total. The molecule has 4 rings (SSSR count). The van der Waals surface area contributed by atoms with Crippen molar-refractivity contribution in [2.75, 3.05) is 12.4 Å². The Morgan fingerprint density at radius 3 is 2.32 bits per heavy atom. The van der Waals surface area contributed by atoms with Crippen molar-refractivity contribution in [3.05, 3.63) is 59.7 Å². The van der Waals surface area contributed by atoms with Gasteiger partial charge in [0.2, 0.25) is 5.91 Å². The maximum Gasteiger partial charge on any atom is 0.407 e. The lowest BCUT2D eigenvalue weighted by Crippen LogP contribution is -2.50. The number of amides is 2. The molecule has 0 aromatic heterocycles. The Hall–Kier alpha value is -3.00. The van der Waals surface area contributed by atoms with Crippen LogP contribution in [-0.4, -0.2) is 52.8 Å². The summed E-state index contributed by atoms with van der Waals surface area (Å²) in [6.45, 7) is 2.21. The van der Waals surface area contributed by atoms with Gasteiger partial charge in [-0.2, -0.15) is 11.8 Å². The fourth-order valence-electron chi connectivity index (χ4n) is 4.93. The molecule has 0 radical (unpaired) electrons. The molecular formula is C26H30N2O5S. The number of nitrogens with one attached hydrogen (secondary N) is 2. The van der Waals surface area contributed by atoms with Crippen molar-refractivity contribution in [2.45, 2.75) is 55.9 Å². The minimum absolute atomic E-state index is 0.00263. The first-order valence-corrected chi connectivity index (χ1v) is 12.8. The van der Waals surface area contributed by atoms with Crippen LogP contribution in [-0.2, 0) is 14.3 Å². The minimum Gasteiger partial charge on any atom is -0.481 e. The van der Waals surface area contributed by atoms with Crippen LogP contribution in [0.4, 0.5) is 4.79 Å². The topological polar surface area (TPSA) is 105 Å². The number of carboxylic acid groups (broad SMARTS) is 1. The fraction of sp³-hybridized carbons (Fsp3) is 0.423. The molecule has 0 spiro atoms. The van der Waals surface area contributed by atoms with Gasteiger partial charge in [0.1, 0.15) is 12.6 Å². The van der Waals surface area contributed by atoms with Gasteiger partial charge in [0.15, 0.2) is 0 Å². The van der Waals surface area contributed by atoms with Gasteiger partial charge >= 0.3 is 12.1 Å². The van der Waals surface area contributed by atoms with Gasteiger partial charge in [-0.15, -0.1) is 0 Å². The molecule has 0 saturated heterocycles. The summed E-state index contributed by atoms with van der Waals surface area (Å²) in [6.07, 6.45) is 1.43. The standard InChI is InChI=1S/C26H30N2O5S/c1-2-34-17-12-11-16(13-17)27-25(31)23(14-24(29)30)28-26(32)33-15-22-20-9-5-3-7-18(20)19-8-4-6-10-21(19)22/h3-10,16-17,22-23H,2,11-15H2,1H3,(H,27,31)(H,28,32)(H,29,30). The van der Waals surface area contributed by atoms with E-state index in [9.17, 15) is 19.5 Å². The zero-order chi connectivity index (χ0) is 24.1. The number of carbonyl (C=O) groups excluding carboxylic acids is 2. The number of carbonyl (C=O) groups is 3. The number of hydrogen-bond donors (Lipinski definition) is 3. The zero-order valence-electron chi connectivity index (χ0n) is 19.2. The lowest BCUT2D eigenvalue weighted by Gasteiger charge is -2.21. The van der Waals surface area contributed by atoms with Gasteiger partial charge in [-0.25, -0.2) is 4.79 Å². The summed E-state index contributed by atoms with van der Waals surface area (Å²) in [5.74, 6) is -0.736. The van der Waals surface area contributed by atoms with Gasteiger partial charge in [0.05, 0.1) is 6.42 Å². The second-order valence-corrected chi connectivity index (χ2v) is 10.3. The SMILES string of the molecule is CCSC1CCC(NC(=O)C(CC(=O)O)NC(=O)OCC2c3ccccc3-c3ccccc32)C1. The molecule has 34 heavy (non-hydrogen) atoms. The van der Waals surface area contributed by atoms with Gasteiger partial charge in [-0.1, -0.05) is 55.5 Å². The molecule has 0 aliphatic heterocycles. The van der Waals surface area contributed by atoms with E-state index in [0.717, 1.165) is 47.3 Å². The van der Waals surface area contributed by atoms with Crippen LogP contribution in [0, 0.1) is 0 Å². The molecule has 3 atom stereocenters. The largest absolute Gasteiger partial charge is 0.481 e. The smallest absolute Gasteiger partial charge is 0.407 e. The Balaban J connectivity index is 1.36. The molecule has 1 fully saturated rings. The van der Waals surface area contributed by atoms with Gasteiger partial charge in [0, 0.05) is 17.2 Å². The van der Waals surface area contributed by atoms with E-state index in [4.69, 9.17) is 4.74 Å². The zero-order valence-corrected chi connectivity index (χ0v) is 20.0. The van der Waals surface area contributed by atoms with Crippen molar-refractivity contribution in [1.82, 2.24) is 10.6 Å². The van der Waals surface area contributed by atoms with Crippen molar-refractivity contribution in [1.29, 1.82) is 0 Å². The predicted octanol–water partition coefficient (Wildman–Crippen LogP) is 4.16. The Bertz CT molecular complexity index is 1010. The van der Waals surface area contributed by atoms with Crippen LogP contribution in [0.2, 0.25) is 0 Å². The molecule has 180 valence electrons. The Morgan fingerprint density at radius 1 is 1.06 bits per heavy atom. The number of ether oxygens (including phenoxy) is 1. The second kappa shape index (κ2) is 11.0. The molecule has 1 saturated carbocycles. The number of thioether (sulfide) groups is 1. The Labute approximate surface area is 203 Å². The summed E-state index contributed by atoms with van der Waals surface area (Å²) in [7, 11) is 0. The lowest BCUT2D eigenvalue weighted by atomic mass is 9.98. The molecule has 2 aliphatic carbocycles. The van der Waals surface area contributed by atoms with E-state index in [1.54, 1.807) is 0 Å². The maximum absolute atomic E-state index is 12.8. The number of hydrogen-bond acceptors (Lipinski definition) is 5. The minimum atomic E-state index is -1.19. The second-order valence-electron chi connectivity index (χ2n) is 8.72. The first-order chi connectivity index (χ1) is 16.5. The van der Waals surface area contributed by atoms with Gasteiger partial charge in [-0.3, -0.25) is 9.59 Å². The van der Waals surface area contributed by atoms with E-state index in [-0.39, 0.29) is 18.6 Å². The summed E-state index contributed by atoms with van der Waals surface area (Å²) < 4.78 is 5.49. The lowest BCUT2D eigenvalue weighted by molar-refractivity contribution is -0.140. The van der Waals surface area contributed by atoms with E-state index in [1.165, 1.54) is 0 Å². The summed E-state index contributed by atoms with van der Waals surface area (Å²) in [5, 5.41) is 15.2. The molecule has 3 N–H and O–H groups in total. The Kier molecular flexibility index (Phi) is 7.77. The average molecular weight is 483 g/mol. The van der Waals surface area contributed by atoms with Gasteiger partial charge in [-0.05, 0) is 47.3 Å². The number of carboxylic acids is 1. The predicted molar refractivity (Wildman–Crippen MR) is 132 cm³/mol. The van der Waals surface area contributed by atoms with Crippen LogP contribution in [0.25, 0.3) is 11.1 Å². The molecule has 8 heteroatoms. The normalized spacial score (nSPS) is 19.7. The van der Waals surface area contributed by atoms with E-state index >= 15 is 0 Å². The first-order valence-electron chi connectivity index (χ1n) is 11.7. The molecule has 2 aromatic rings. The van der Waals surface area contributed by atoms with Crippen molar-refractivity contribution >= 4 is 29.7 Å². The summed E-state index contributed by atoms with van der Waals surface area (Å²) in [6, 6.07) is 14.8. The number of benzene rings is 2. The summed E-state index contributed by atoms with van der Waals surface area (Å²) in [5.41, 5.74) is 4.40. The first kappa shape index (κ1) is 24.1. The van der Waals surface area contributed by atoms with Crippen LogP contribution in [0.3, 0.4) is 0 Å². The van der Waals surface area contributed by atoms with Crippen molar-refractivity contribution in [3.63, 3.8) is 0 Å². The highest BCUT2D eigenvalue weighted by Crippen LogP contribution is 2.44. The van der Waals surface area contributed by atoms with E-state index in [1.807, 2.05) is 60.3 Å². The average Bonchev–Trinajstić information content (AvgIpc) is 3.39. The van der Waals surface area contributed by atoms with Crippen molar-refractivity contribution in [3.8, 4) is 11.1 Å². The molecular weight excluding hydrogens is 452 g/mol. The number of alkyl carbamates (subject to hydrolysis) is 1. The molecule has 2 amide bonds. The molecule has 2 aliphatic rings. The molecule has 3 unspecified atom stereocenters. The molecule has 2 aromatic carbocycles. The Morgan fingerprint density at radius 2 is 1.71 bits per heavy atom. The number of aliphatic carboxylic acids is 1. The quantitative estimate of drug-likeness (QED) is 0.496. The van der Waals surface area contributed by atoms with Crippen LogP contribution >= 0.6 is 11.8 Å². The van der Waals surface area contributed by atoms with Crippen molar-refractivity contribution in [2.24, 2.45) is 0 Å². The highest BCUT2D eigenvalue weighted by Gasteiger charge is 2.32. The number of rotatable bonds is 9. The van der Waals surface area contributed by atoms with Crippen LogP contribution in [0.15, 0.2) is 48.5 Å². The highest BCUT2D eigenvalue weighted by atomic mass is 32.2. The third kappa shape index (κ3) is 5.55. The van der Waals surface area contributed by atoms with Crippen LogP contribution < -0.4 is 10.6 Å². The highest BCUT2D eigenvalue weighted by molar-refractivity contribution is 7.99. The van der Waals surface area contributed by atoms with E-state index in [2.05, 4.69) is 17.6 Å². The third-order valence-electron chi connectivity index (χ3n) is 6.46. The monoisotopic (exact) mass is 482 g/mol. The molecule has 0 bridgehead atoms. The number of fused-ring (bicyclic) bond motifs is 3. The maximum atomic E-state index is 12.8. The van der Waals surface area contributed by atoms with Gasteiger partial charge in [0.25, 0.3) is 0 Å². The van der Waals surface area contributed by atoms with E-state index < -0.39 is 30.4 Å². The summed E-state index contributed by atoms with van der Waals surface area (Å²) in [4.78, 5) is 36.7.